The Morgan fingerprint density at radius 2 is 1.83 bits per heavy atom. The van der Waals surface area contributed by atoms with Crippen molar-refractivity contribution in [2.24, 2.45) is 0 Å². The van der Waals surface area contributed by atoms with E-state index in [9.17, 15) is 13.6 Å². The first-order valence-electron chi connectivity index (χ1n) is 6.77. The Labute approximate surface area is 149 Å². The van der Waals surface area contributed by atoms with Crippen LogP contribution >= 0.6 is 27.5 Å². The number of furan rings is 1. The van der Waals surface area contributed by atoms with Crippen LogP contribution in [0.15, 0.2) is 63.7 Å². The average Bonchev–Trinajstić information content (AvgIpc) is 3.04. The van der Waals surface area contributed by atoms with E-state index in [1.54, 1.807) is 24.3 Å². The van der Waals surface area contributed by atoms with E-state index >= 15 is 0 Å². The number of Topliss-reactive ketones (excluding diaryl/α,β-unsaturated/α-hetero) is 1. The number of carbonyl (C=O) groups is 1. The lowest BCUT2D eigenvalue weighted by Crippen LogP contribution is -2.26. The number of carbonyl (C=O) groups excluding carboxylic acids is 1. The molecule has 0 amide bonds. The Kier molecular flexibility index (Phi) is 4.51. The quantitative estimate of drug-likeness (QED) is 0.514. The topological polar surface area (TPSA) is 43.1 Å². The molecule has 3 nitrogen and oxygen atoms in total. The highest BCUT2D eigenvalue weighted by Gasteiger charge is 2.43. The Hall–Kier alpha value is -2.05. The molecule has 0 fully saturated rings. The first-order chi connectivity index (χ1) is 11.4. The van der Waals surface area contributed by atoms with Crippen LogP contribution < -0.4 is 0 Å². The van der Waals surface area contributed by atoms with Gasteiger partial charge in [0, 0.05) is 33.0 Å². The van der Waals surface area contributed by atoms with E-state index in [4.69, 9.17) is 16.0 Å². The molecule has 122 valence electrons. The molecule has 1 aromatic carbocycles. The van der Waals surface area contributed by atoms with Gasteiger partial charge in [0.05, 0.1) is 0 Å². The van der Waals surface area contributed by atoms with Crippen molar-refractivity contribution in [3.8, 4) is 11.3 Å². The number of hydrogen-bond acceptors (Lipinski definition) is 3. The van der Waals surface area contributed by atoms with Crippen LogP contribution in [-0.4, -0.2) is 10.8 Å². The highest BCUT2D eigenvalue weighted by atomic mass is 79.9. The molecule has 0 N–H and O–H groups in total. The van der Waals surface area contributed by atoms with E-state index in [-0.39, 0.29) is 0 Å². The Morgan fingerprint density at radius 1 is 1.12 bits per heavy atom. The van der Waals surface area contributed by atoms with E-state index < -0.39 is 23.0 Å². The van der Waals surface area contributed by atoms with Gasteiger partial charge in [0.25, 0.3) is 5.78 Å². The van der Waals surface area contributed by atoms with E-state index in [1.807, 2.05) is 0 Å². The summed E-state index contributed by atoms with van der Waals surface area (Å²) >= 11 is 8.86. The Morgan fingerprint density at radius 3 is 2.50 bits per heavy atom. The van der Waals surface area contributed by atoms with Crippen LogP contribution in [0.5, 0.6) is 0 Å². The van der Waals surface area contributed by atoms with Crippen molar-refractivity contribution in [1.29, 1.82) is 0 Å². The highest BCUT2D eigenvalue weighted by Crippen LogP contribution is 2.34. The zero-order valence-corrected chi connectivity index (χ0v) is 14.3. The zero-order chi connectivity index (χ0) is 17.3. The second-order valence-corrected chi connectivity index (χ2v) is 6.32. The largest absolute Gasteiger partial charge is 0.453 e. The van der Waals surface area contributed by atoms with Crippen LogP contribution in [0.2, 0.25) is 5.02 Å². The lowest BCUT2D eigenvalue weighted by Gasteiger charge is -2.13. The molecule has 24 heavy (non-hydrogen) atoms. The second kappa shape index (κ2) is 6.45. The number of hydrogen-bond donors (Lipinski definition) is 0. The SMILES string of the molecule is O=C(c1ccc(-c2ccc(Cl)cc2)o1)C(F)(F)c1cncc(Br)c1. The molecule has 0 saturated carbocycles. The molecule has 7 heteroatoms. The third-order valence-corrected chi connectivity index (χ3v) is 4.00. The predicted molar refractivity (Wildman–Crippen MR) is 89.3 cm³/mol. The Balaban J connectivity index is 1.91. The summed E-state index contributed by atoms with van der Waals surface area (Å²) in [5.74, 6) is -5.29. The molecular weight excluding hydrogens is 404 g/mol. The fourth-order valence-corrected chi connectivity index (χ4v) is 2.59. The van der Waals surface area contributed by atoms with Gasteiger partial charge in [-0.15, -0.1) is 0 Å². The zero-order valence-electron chi connectivity index (χ0n) is 12.0. The number of aromatic nitrogens is 1. The molecule has 0 bridgehead atoms. The van der Waals surface area contributed by atoms with Crippen molar-refractivity contribution in [2.75, 3.05) is 0 Å². The van der Waals surface area contributed by atoms with Crippen LogP contribution in [0.25, 0.3) is 11.3 Å². The number of halogens is 4. The van der Waals surface area contributed by atoms with Crippen LogP contribution in [0.4, 0.5) is 8.78 Å². The van der Waals surface area contributed by atoms with Gasteiger partial charge >= 0.3 is 5.92 Å². The van der Waals surface area contributed by atoms with E-state index in [0.717, 1.165) is 12.3 Å². The summed E-state index contributed by atoms with van der Waals surface area (Å²) in [4.78, 5) is 15.8. The maximum atomic E-state index is 14.4. The average molecular weight is 413 g/mol. The predicted octanol–water partition coefficient (Wildman–Crippen LogP) is 5.73. The van der Waals surface area contributed by atoms with Gasteiger partial charge in [0.15, 0.2) is 5.76 Å². The van der Waals surface area contributed by atoms with Crippen molar-refractivity contribution >= 4 is 33.3 Å². The molecule has 0 unspecified atom stereocenters. The first-order valence-corrected chi connectivity index (χ1v) is 7.94. The number of ketones is 1. The second-order valence-electron chi connectivity index (χ2n) is 4.97. The number of rotatable bonds is 4. The monoisotopic (exact) mass is 411 g/mol. The maximum Gasteiger partial charge on any atom is 0.339 e. The summed E-state index contributed by atoms with van der Waals surface area (Å²) in [6.45, 7) is 0. The van der Waals surface area contributed by atoms with Gasteiger partial charge in [0.1, 0.15) is 5.76 Å². The summed E-state index contributed by atoms with van der Waals surface area (Å²) < 4.78 is 34.4. The normalized spacial score (nSPS) is 11.5. The minimum atomic E-state index is -3.74. The molecule has 0 atom stereocenters. The van der Waals surface area contributed by atoms with Crippen LogP contribution in [0.1, 0.15) is 16.1 Å². The Bertz CT molecular complexity index is 894. The number of benzene rings is 1. The fraction of sp³-hybridized carbons (Fsp3) is 0.0588. The van der Waals surface area contributed by atoms with Gasteiger partial charge < -0.3 is 4.42 Å². The van der Waals surface area contributed by atoms with Crippen molar-refractivity contribution < 1.29 is 18.0 Å². The fourth-order valence-electron chi connectivity index (χ4n) is 2.10. The van der Waals surface area contributed by atoms with Crippen molar-refractivity contribution in [3.63, 3.8) is 0 Å². The summed E-state index contributed by atoms with van der Waals surface area (Å²) in [7, 11) is 0. The van der Waals surface area contributed by atoms with Crippen molar-refractivity contribution in [1.82, 2.24) is 4.98 Å². The number of alkyl halides is 2. The van der Waals surface area contributed by atoms with Gasteiger partial charge in [-0.3, -0.25) is 9.78 Å². The molecule has 3 rings (SSSR count). The van der Waals surface area contributed by atoms with Gasteiger partial charge in [-0.2, -0.15) is 8.78 Å². The van der Waals surface area contributed by atoms with Crippen LogP contribution in [0.3, 0.4) is 0 Å². The lowest BCUT2D eigenvalue weighted by molar-refractivity contribution is 0.00473. The van der Waals surface area contributed by atoms with Crippen molar-refractivity contribution in [2.45, 2.75) is 5.92 Å². The minimum Gasteiger partial charge on any atom is -0.453 e. The van der Waals surface area contributed by atoms with E-state index in [0.29, 0.717) is 20.8 Å². The van der Waals surface area contributed by atoms with Gasteiger partial charge in [0.2, 0.25) is 0 Å². The molecular formula is C17H9BrClF2NO2. The maximum absolute atomic E-state index is 14.4. The molecule has 0 aliphatic rings. The third kappa shape index (κ3) is 3.25. The van der Waals surface area contributed by atoms with Gasteiger partial charge in [-0.05, 0) is 58.4 Å². The molecule has 3 aromatic rings. The molecule has 0 aliphatic heterocycles. The van der Waals surface area contributed by atoms with Crippen molar-refractivity contribution in [3.05, 3.63) is 75.7 Å². The van der Waals surface area contributed by atoms with E-state index in [2.05, 4.69) is 20.9 Å². The standard InChI is InChI=1S/C17H9BrClF2NO2/c18-12-7-11(8-22-9-12)17(20,21)16(23)15-6-5-14(24-15)10-1-3-13(19)4-2-10/h1-9H. The molecule has 0 aliphatic carbocycles. The summed E-state index contributed by atoms with van der Waals surface area (Å²) in [6.07, 6.45) is 2.31. The van der Waals surface area contributed by atoms with Gasteiger partial charge in [-0.25, -0.2) is 0 Å². The molecule has 0 radical (unpaired) electrons. The van der Waals surface area contributed by atoms with Crippen LogP contribution in [0, 0.1) is 0 Å². The minimum absolute atomic E-state index is 0.304. The molecule has 0 saturated heterocycles. The first kappa shape index (κ1) is 16.8. The number of pyridine rings is 1. The molecule has 2 heterocycles. The summed E-state index contributed by atoms with van der Waals surface area (Å²) in [6, 6.07) is 10.5. The number of nitrogens with zero attached hydrogens (tertiary/aromatic N) is 1. The summed E-state index contributed by atoms with van der Waals surface area (Å²) in [5.41, 5.74) is 0.122. The highest BCUT2D eigenvalue weighted by molar-refractivity contribution is 9.10. The lowest BCUT2D eigenvalue weighted by atomic mass is 10.1. The third-order valence-electron chi connectivity index (χ3n) is 3.31. The smallest absolute Gasteiger partial charge is 0.339 e. The molecule has 2 aromatic heterocycles. The molecule has 0 spiro atoms. The summed E-state index contributed by atoms with van der Waals surface area (Å²) in [5, 5.41) is 0.537. The van der Waals surface area contributed by atoms with E-state index in [1.165, 1.54) is 18.3 Å². The van der Waals surface area contributed by atoms with Gasteiger partial charge in [-0.1, -0.05) is 11.6 Å². The van der Waals surface area contributed by atoms with Crippen LogP contribution in [-0.2, 0) is 5.92 Å².